The lowest BCUT2D eigenvalue weighted by atomic mass is 10.2. The fourth-order valence-corrected chi connectivity index (χ4v) is 2.25. The second-order valence-electron chi connectivity index (χ2n) is 4.60. The van der Waals surface area contributed by atoms with E-state index in [4.69, 9.17) is 10.5 Å². The van der Waals surface area contributed by atoms with Crippen LogP contribution in [0.2, 0.25) is 0 Å². The quantitative estimate of drug-likeness (QED) is 0.765. The van der Waals surface area contributed by atoms with Crippen molar-refractivity contribution < 1.29 is 4.74 Å². The highest BCUT2D eigenvalue weighted by Crippen LogP contribution is 2.13. The molecule has 1 aliphatic rings. The molecule has 0 amide bonds. The minimum Gasteiger partial charge on any atom is -0.494 e. The lowest BCUT2D eigenvalue weighted by Gasteiger charge is -2.14. The summed E-state index contributed by atoms with van der Waals surface area (Å²) in [6, 6.07) is 8.04. The van der Waals surface area contributed by atoms with E-state index in [0.29, 0.717) is 6.54 Å². The van der Waals surface area contributed by atoms with Crippen molar-refractivity contribution in [1.29, 1.82) is 0 Å². The molecule has 0 bridgehead atoms. The number of nitrogens with two attached hydrogens (primary N) is 1. The van der Waals surface area contributed by atoms with E-state index >= 15 is 0 Å². The van der Waals surface area contributed by atoms with Crippen LogP contribution in [0.5, 0.6) is 5.75 Å². The summed E-state index contributed by atoms with van der Waals surface area (Å²) in [6.07, 6.45) is 3.83. The van der Waals surface area contributed by atoms with E-state index in [0.717, 1.165) is 30.9 Å². The third kappa shape index (κ3) is 4.02. The first-order valence-corrected chi connectivity index (χ1v) is 6.52. The van der Waals surface area contributed by atoms with Crippen molar-refractivity contribution in [1.82, 2.24) is 4.90 Å². The van der Waals surface area contributed by atoms with E-state index in [1.54, 1.807) is 0 Å². The van der Waals surface area contributed by atoms with Crippen molar-refractivity contribution >= 4 is 0 Å². The Labute approximate surface area is 104 Å². The maximum absolute atomic E-state index is 5.73. The molecule has 17 heavy (non-hydrogen) atoms. The van der Waals surface area contributed by atoms with Gasteiger partial charge in [0.25, 0.3) is 0 Å². The number of nitrogens with zero attached hydrogens (tertiary/aromatic N) is 1. The molecule has 1 aromatic carbocycles. The Morgan fingerprint density at radius 2 is 2.06 bits per heavy atom. The zero-order valence-electron chi connectivity index (χ0n) is 10.4. The van der Waals surface area contributed by atoms with Crippen LogP contribution >= 0.6 is 0 Å². The molecule has 0 radical (unpaired) electrons. The molecule has 0 unspecified atom stereocenters. The largest absolute Gasteiger partial charge is 0.494 e. The van der Waals surface area contributed by atoms with Gasteiger partial charge in [0.1, 0.15) is 5.75 Å². The van der Waals surface area contributed by atoms with Gasteiger partial charge in [-0.25, -0.2) is 0 Å². The topological polar surface area (TPSA) is 38.5 Å². The minimum atomic E-state index is 0.574. The molecule has 1 saturated heterocycles. The van der Waals surface area contributed by atoms with E-state index in [-0.39, 0.29) is 0 Å². The van der Waals surface area contributed by atoms with E-state index in [1.807, 2.05) is 24.3 Å². The van der Waals surface area contributed by atoms with Gasteiger partial charge >= 0.3 is 0 Å². The molecule has 1 fully saturated rings. The van der Waals surface area contributed by atoms with Crippen LogP contribution in [0.4, 0.5) is 0 Å². The Kier molecular flexibility index (Phi) is 4.83. The highest BCUT2D eigenvalue weighted by Gasteiger charge is 2.10. The van der Waals surface area contributed by atoms with Crippen molar-refractivity contribution in [2.75, 3.05) is 26.2 Å². The third-order valence-corrected chi connectivity index (χ3v) is 3.22. The predicted octanol–water partition coefficient (Wildman–Crippen LogP) is 2.01. The Balaban J connectivity index is 1.66. The molecule has 0 aromatic heterocycles. The van der Waals surface area contributed by atoms with Gasteiger partial charge in [-0.15, -0.1) is 0 Å². The van der Waals surface area contributed by atoms with Gasteiger partial charge in [-0.1, -0.05) is 12.1 Å². The van der Waals surface area contributed by atoms with Crippen LogP contribution < -0.4 is 10.5 Å². The van der Waals surface area contributed by atoms with Crippen molar-refractivity contribution in [2.45, 2.75) is 25.8 Å². The van der Waals surface area contributed by atoms with Crippen LogP contribution in [-0.2, 0) is 6.54 Å². The Bertz CT molecular complexity index is 335. The predicted molar refractivity (Wildman–Crippen MR) is 70.1 cm³/mol. The molecule has 3 heteroatoms. The van der Waals surface area contributed by atoms with Gasteiger partial charge in [0.15, 0.2) is 0 Å². The summed E-state index contributed by atoms with van der Waals surface area (Å²) in [6.45, 7) is 5.07. The minimum absolute atomic E-state index is 0.574. The molecular formula is C14H22N2O. The second-order valence-corrected chi connectivity index (χ2v) is 4.60. The SMILES string of the molecule is NCc1cccc(OCCCN2CCCC2)c1. The lowest BCUT2D eigenvalue weighted by Crippen LogP contribution is -2.21. The highest BCUT2D eigenvalue weighted by molar-refractivity contribution is 5.28. The Morgan fingerprint density at radius 1 is 1.24 bits per heavy atom. The molecule has 0 saturated carbocycles. The lowest BCUT2D eigenvalue weighted by molar-refractivity contribution is 0.263. The van der Waals surface area contributed by atoms with Crippen molar-refractivity contribution in [3.05, 3.63) is 29.8 Å². The number of ether oxygens (including phenoxy) is 1. The average molecular weight is 234 g/mol. The first kappa shape index (κ1) is 12.4. The number of hydrogen-bond acceptors (Lipinski definition) is 3. The van der Waals surface area contributed by atoms with Crippen molar-refractivity contribution in [3.8, 4) is 5.75 Å². The maximum atomic E-state index is 5.73. The van der Waals surface area contributed by atoms with Gasteiger partial charge in [-0.3, -0.25) is 0 Å². The van der Waals surface area contributed by atoms with E-state index < -0.39 is 0 Å². The van der Waals surface area contributed by atoms with Crippen molar-refractivity contribution in [2.24, 2.45) is 5.73 Å². The van der Waals surface area contributed by atoms with Crippen LogP contribution in [-0.4, -0.2) is 31.1 Å². The fraction of sp³-hybridized carbons (Fsp3) is 0.571. The summed E-state index contributed by atoms with van der Waals surface area (Å²) in [5.41, 5.74) is 6.72. The average Bonchev–Trinajstić information content (AvgIpc) is 2.88. The summed E-state index contributed by atoms with van der Waals surface area (Å²) in [5.74, 6) is 0.939. The molecule has 0 spiro atoms. The van der Waals surface area contributed by atoms with Crippen LogP contribution in [0, 0.1) is 0 Å². The zero-order chi connectivity index (χ0) is 11.9. The molecule has 3 nitrogen and oxygen atoms in total. The molecule has 2 N–H and O–H groups in total. The van der Waals surface area contributed by atoms with Gasteiger partial charge in [0.2, 0.25) is 0 Å². The maximum Gasteiger partial charge on any atom is 0.119 e. The summed E-state index contributed by atoms with van der Waals surface area (Å²) >= 11 is 0. The standard InChI is InChI=1S/C14H22N2O/c15-12-13-5-3-6-14(11-13)17-10-4-9-16-7-1-2-8-16/h3,5-6,11H,1-2,4,7-10,12,15H2. The number of benzene rings is 1. The van der Waals surface area contributed by atoms with E-state index in [9.17, 15) is 0 Å². The third-order valence-electron chi connectivity index (χ3n) is 3.22. The van der Waals surface area contributed by atoms with Crippen LogP contribution in [0.25, 0.3) is 0 Å². The van der Waals surface area contributed by atoms with Crippen molar-refractivity contribution in [3.63, 3.8) is 0 Å². The normalized spacial score (nSPS) is 16.3. The summed E-state index contributed by atoms with van der Waals surface area (Å²) < 4.78 is 5.73. The number of hydrogen-bond donors (Lipinski definition) is 1. The number of likely N-dealkylation sites (tertiary alicyclic amines) is 1. The molecule has 2 rings (SSSR count). The number of rotatable bonds is 6. The second kappa shape index (κ2) is 6.62. The first-order valence-electron chi connectivity index (χ1n) is 6.52. The van der Waals surface area contributed by atoms with Gasteiger partial charge in [0, 0.05) is 13.1 Å². The monoisotopic (exact) mass is 234 g/mol. The van der Waals surface area contributed by atoms with Crippen LogP contribution in [0.15, 0.2) is 24.3 Å². The fourth-order valence-electron chi connectivity index (χ4n) is 2.25. The smallest absolute Gasteiger partial charge is 0.119 e. The summed E-state index contributed by atoms with van der Waals surface area (Å²) in [7, 11) is 0. The molecule has 0 atom stereocenters. The Hall–Kier alpha value is -1.06. The van der Waals surface area contributed by atoms with Gasteiger partial charge < -0.3 is 15.4 Å². The Morgan fingerprint density at radius 3 is 2.82 bits per heavy atom. The molecule has 1 aliphatic heterocycles. The van der Waals surface area contributed by atoms with Gasteiger partial charge in [-0.05, 0) is 50.0 Å². The molecular weight excluding hydrogens is 212 g/mol. The van der Waals surface area contributed by atoms with Crippen LogP contribution in [0.1, 0.15) is 24.8 Å². The summed E-state index contributed by atoms with van der Waals surface area (Å²) in [5, 5.41) is 0. The molecule has 1 heterocycles. The van der Waals surface area contributed by atoms with Gasteiger partial charge in [-0.2, -0.15) is 0 Å². The molecule has 94 valence electrons. The van der Waals surface area contributed by atoms with E-state index in [1.165, 1.54) is 25.9 Å². The van der Waals surface area contributed by atoms with Gasteiger partial charge in [0.05, 0.1) is 6.61 Å². The molecule has 0 aliphatic carbocycles. The first-order chi connectivity index (χ1) is 8.38. The summed E-state index contributed by atoms with van der Waals surface area (Å²) in [4.78, 5) is 2.51. The molecule has 1 aromatic rings. The zero-order valence-corrected chi connectivity index (χ0v) is 10.4. The highest BCUT2D eigenvalue weighted by atomic mass is 16.5. The van der Waals surface area contributed by atoms with E-state index in [2.05, 4.69) is 4.90 Å². The van der Waals surface area contributed by atoms with Crippen LogP contribution in [0.3, 0.4) is 0 Å².